The number of nitrogens with zero attached hydrogens (tertiary/aromatic N) is 2. The summed E-state index contributed by atoms with van der Waals surface area (Å²) in [6, 6.07) is 6.40. The molecule has 1 aromatic rings. The van der Waals surface area contributed by atoms with Crippen LogP contribution in [0.15, 0.2) is 29.2 Å². The maximum Gasteiger partial charge on any atom is 0.310 e. The van der Waals surface area contributed by atoms with Crippen LogP contribution in [0.3, 0.4) is 0 Å². The van der Waals surface area contributed by atoms with Gasteiger partial charge in [-0.25, -0.2) is 8.42 Å². The predicted molar refractivity (Wildman–Crippen MR) is 96.1 cm³/mol. The number of hydrogen-bond acceptors (Lipinski definition) is 5. The fourth-order valence-electron chi connectivity index (χ4n) is 3.48. The summed E-state index contributed by atoms with van der Waals surface area (Å²) in [6.07, 6.45) is 2.62. The summed E-state index contributed by atoms with van der Waals surface area (Å²) >= 11 is 0. The molecule has 0 bridgehead atoms. The van der Waals surface area contributed by atoms with Gasteiger partial charge in [-0.3, -0.25) is 9.59 Å². The van der Waals surface area contributed by atoms with Gasteiger partial charge in [-0.05, 0) is 50.5 Å². The van der Waals surface area contributed by atoms with Gasteiger partial charge in [0.15, 0.2) is 0 Å². The number of hydrogen-bond donors (Lipinski definition) is 0. The molecule has 0 spiro atoms. The molecular weight excluding hydrogens is 356 g/mol. The first-order valence-electron chi connectivity index (χ1n) is 9.00. The van der Waals surface area contributed by atoms with Crippen LogP contribution in [0, 0.1) is 5.92 Å². The summed E-state index contributed by atoms with van der Waals surface area (Å²) in [5, 5.41) is 0. The Kier molecular flexibility index (Phi) is 5.62. The van der Waals surface area contributed by atoms with Gasteiger partial charge in [0, 0.05) is 31.7 Å². The summed E-state index contributed by atoms with van der Waals surface area (Å²) in [5.74, 6) is -0.691. The van der Waals surface area contributed by atoms with E-state index in [1.54, 1.807) is 24.0 Å². The Morgan fingerprint density at radius 3 is 2.54 bits per heavy atom. The van der Waals surface area contributed by atoms with Crippen molar-refractivity contribution < 1.29 is 22.7 Å². The van der Waals surface area contributed by atoms with Gasteiger partial charge >= 0.3 is 5.97 Å². The molecule has 0 aromatic heterocycles. The van der Waals surface area contributed by atoms with Crippen molar-refractivity contribution >= 4 is 27.6 Å². The maximum atomic E-state index is 12.9. The van der Waals surface area contributed by atoms with Crippen molar-refractivity contribution in [2.24, 2.45) is 5.92 Å². The second-order valence-corrected chi connectivity index (χ2v) is 8.54. The van der Waals surface area contributed by atoms with E-state index in [1.165, 1.54) is 16.4 Å². The number of benzene rings is 1. The Hall–Kier alpha value is -1.93. The van der Waals surface area contributed by atoms with Gasteiger partial charge in [-0.1, -0.05) is 0 Å². The number of sulfonamides is 1. The lowest BCUT2D eigenvalue weighted by Crippen LogP contribution is -2.42. The van der Waals surface area contributed by atoms with E-state index in [1.807, 2.05) is 0 Å². The SMILES string of the molecule is CCOC(=O)C1CCCN(S(=O)(=O)c2ccc(N3CCCC3=O)cc2)C1. The van der Waals surface area contributed by atoms with E-state index < -0.39 is 15.9 Å². The molecule has 8 heteroatoms. The molecule has 2 fully saturated rings. The monoisotopic (exact) mass is 380 g/mol. The molecule has 0 saturated carbocycles. The standard InChI is InChI=1S/C18H24N2O5S/c1-2-25-18(22)14-5-3-11-19(13-14)26(23,24)16-9-7-15(8-10-16)20-12-4-6-17(20)21/h7-10,14H,2-6,11-13H2,1H3. The quantitative estimate of drug-likeness (QED) is 0.727. The molecule has 7 nitrogen and oxygen atoms in total. The lowest BCUT2D eigenvalue weighted by molar-refractivity contribution is -0.149. The average Bonchev–Trinajstić information content (AvgIpc) is 3.08. The normalized spacial score (nSPS) is 21.8. The van der Waals surface area contributed by atoms with Crippen molar-refractivity contribution in [3.63, 3.8) is 0 Å². The van der Waals surface area contributed by atoms with Crippen LogP contribution in [0.1, 0.15) is 32.6 Å². The van der Waals surface area contributed by atoms with Crippen molar-refractivity contribution in [2.75, 3.05) is 31.1 Å². The number of esters is 1. The van der Waals surface area contributed by atoms with E-state index in [0.29, 0.717) is 39.0 Å². The number of ether oxygens (including phenoxy) is 1. The zero-order chi connectivity index (χ0) is 18.7. The number of piperidine rings is 1. The molecule has 2 aliphatic heterocycles. The van der Waals surface area contributed by atoms with E-state index in [2.05, 4.69) is 0 Å². The Labute approximate surface area is 154 Å². The van der Waals surface area contributed by atoms with Crippen molar-refractivity contribution in [3.8, 4) is 0 Å². The van der Waals surface area contributed by atoms with Crippen LogP contribution in [0.5, 0.6) is 0 Å². The van der Waals surface area contributed by atoms with Gasteiger partial charge in [-0.15, -0.1) is 0 Å². The smallest absolute Gasteiger partial charge is 0.310 e. The third-order valence-electron chi connectivity index (χ3n) is 4.86. The van der Waals surface area contributed by atoms with Gasteiger partial charge < -0.3 is 9.64 Å². The molecule has 2 saturated heterocycles. The van der Waals surface area contributed by atoms with Gasteiger partial charge in [0.25, 0.3) is 0 Å². The van der Waals surface area contributed by atoms with Gasteiger partial charge in [-0.2, -0.15) is 4.31 Å². The van der Waals surface area contributed by atoms with E-state index in [-0.39, 0.29) is 23.3 Å². The Morgan fingerprint density at radius 1 is 1.19 bits per heavy atom. The van der Waals surface area contributed by atoms with Crippen molar-refractivity contribution in [2.45, 2.75) is 37.5 Å². The summed E-state index contributed by atoms with van der Waals surface area (Å²) in [6.45, 7) is 3.23. The number of rotatable bonds is 5. The average molecular weight is 380 g/mol. The number of carbonyl (C=O) groups excluding carboxylic acids is 2. The largest absolute Gasteiger partial charge is 0.466 e. The minimum absolute atomic E-state index is 0.0638. The van der Waals surface area contributed by atoms with E-state index >= 15 is 0 Å². The van der Waals surface area contributed by atoms with E-state index in [4.69, 9.17) is 4.74 Å². The Morgan fingerprint density at radius 2 is 1.92 bits per heavy atom. The molecular formula is C18H24N2O5S. The van der Waals surface area contributed by atoms with Crippen molar-refractivity contribution in [1.82, 2.24) is 4.31 Å². The highest BCUT2D eigenvalue weighted by molar-refractivity contribution is 7.89. The van der Waals surface area contributed by atoms with E-state index in [0.717, 1.165) is 12.1 Å². The molecule has 0 N–H and O–H groups in total. The lowest BCUT2D eigenvalue weighted by atomic mass is 10.0. The van der Waals surface area contributed by atoms with Crippen LogP contribution >= 0.6 is 0 Å². The Bertz CT molecular complexity index is 775. The first-order chi connectivity index (χ1) is 12.4. The highest BCUT2D eigenvalue weighted by Crippen LogP contribution is 2.27. The molecule has 1 unspecified atom stereocenters. The minimum atomic E-state index is -3.68. The summed E-state index contributed by atoms with van der Waals surface area (Å²) in [7, 11) is -3.68. The van der Waals surface area contributed by atoms with Crippen LogP contribution in [0.2, 0.25) is 0 Å². The second kappa shape index (κ2) is 7.75. The lowest BCUT2D eigenvalue weighted by Gasteiger charge is -2.30. The summed E-state index contributed by atoms with van der Waals surface area (Å²) in [5.41, 5.74) is 0.717. The topological polar surface area (TPSA) is 84.0 Å². The van der Waals surface area contributed by atoms with Crippen molar-refractivity contribution in [1.29, 1.82) is 0 Å². The van der Waals surface area contributed by atoms with Crippen LogP contribution in [0.25, 0.3) is 0 Å². The molecule has 2 aliphatic rings. The first-order valence-corrected chi connectivity index (χ1v) is 10.4. The van der Waals surface area contributed by atoms with E-state index in [9.17, 15) is 18.0 Å². The fourth-order valence-corrected chi connectivity index (χ4v) is 5.01. The highest BCUT2D eigenvalue weighted by atomic mass is 32.2. The van der Waals surface area contributed by atoms with Gasteiger partial charge in [0.05, 0.1) is 17.4 Å². The molecule has 2 heterocycles. The molecule has 3 rings (SSSR count). The fraction of sp³-hybridized carbons (Fsp3) is 0.556. The number of anilines is 1. The van der Waals surface area contributed by atoms with Crippen molar-refractivity contribution in [3.05, 3.63) is 24.3 Å². The minimum Gasteiger partial charge on any atom is -0.466 e. The van der Waals surface area contributed by atoms with Crippen LogP contribution < -0.4 is 4.90 Å². The molecule has 0 radical (unpaired) electrons. The number of carbonyl (C=O) groups is 2. The third kappa shape index (κ3) is 3.76. The highest BCUT2D eigenvalue weighted by Gasteiger charge is 2.34. The third-order valence-corrected chi connectivity index (χ3v) is 6.74. The van der Waals surface area contributed by atoms with Crippen LogP contribution in [-0.4, -0.2) is 50.8 Å². The molecule has 26 heavy (non-hydrogen) atoms. The predicted octanol–water partition coefficient (Wildman–Crippen LogP) is 1.78. The first kappa shape index (κ1) is 18.8. The van der Waals surface area contributed by atoms with Gasteiger partial charge in [0.1, 0.15) is 0 Å². The second-order valence-electron chi connectivity index (χ2n) is 6.60. The molecule has 1 amide bonds. The van der Waals surface area contributed by atoms with Gasteiger partial charge in [0.2, 0.25) is 15.9 Å². The number of amides is 1. The molecule has 1 aromatic carbocycles. The van der Waals surface area contributed by atoms with Crippen LogP contribution in [-0.2, 0) is 24.3 Å². The summed E-state index contributed by atoms with van der Waals surface area (Å²) in [4.78, 5) is 25.6. The summed E-state index contributed by atoms with van der Waals surface area (Å²) < 4.78 is 32.2. The zero-order valence-corrected chi connectivity index (χ0v) is 15.7. The van der Waals surface area contributed by atoms with Crippen LogP contribution in [0.4, 0.5) is 5.69 Å². The molecule has 142 valence electrons. The maximum absolute atomic E-state index is 12.9. The molecule has 0 aliphatic carbocycles. The molecule has 1 atom stereocenters. The zero-order valence-electron chi connectivity index (χ0n) is 14.9. The Balaban J connectivity index is 1.75.